The van der Waals surface area contributed by atoms with Gasteiger partial charge in [0, 0.05) is 13.2 Å². The molecule has 0 saturated carbocycles. The van der Waals surface area contributed by atoms with Crippen LogP contribution >= 0.6 is 0 Å². The van der Waals surface area contributed by atoms with E-state index in [9.17, 15) is 14.4 Å². The molecule has 8 heteroatoms. The Morgan fingerprint density at radius 3 is 2.48 bits per heavy atom. The Bertz CT molecular complexity index is 1220. The minimum absolute atomic E-state index is 0.0388. The van der Waals surface area contributed by atoms with Crippen LogP contribution in [0.5, 0.6) is 0 Å². The van der Waals surface area contributed by atoms with Crippen molar-refractivity contribution in [2.75, 3.05) is 13.2 Å². The summed E-state index contributed by atoms with van der Waals surface area (Å²) in [7, 11) is 0. The average Bonchev–Trinajstić information content (AvgIpc) is 3.35. The van der Waals surface area contributed by atoms with Gasteiger partial charge in [-0.1, -0.05) is 56.3 Å². The van der Waals surface area contributed by atoms with Gasteiger partial charge in [0.05, 0.1) is 18.3 Å². The predicted molar refractivity (Wildman–Crippen MR) is 125 cm³/mol. The van der Waals surface area contributed by atoms with Crippen molar-refractivity contribution in [3.05, 3.63) is 92.3 Å². The fourth-order valence-electron chi connectivity index (χ4n) is 3.83. The lowest BCUT2D eigenvalue weighted by atomic mass is 10.0. The van der Waals surface area contributed by atoms with Gasteiger partial charge in [-0.25, -0.2) is 4.79 Å². The van der Waals surface area contributed by atoms with Gasteiger partial charge < -0.3 is 10.1 Å². The van der Waals surface area contributed by atoms with Crippen LogP contribution in [0, 0.1) is 0 Å². The van der Waals surface area contributed by atoms with E-state index in [1.54, 1.807) is 12.1 Å². The molecular formula is C25H28N4O4. The first-order chi connectivity index (χ1) is 15.9. The molecule has 8 nitrogen and oxygen atoms in total. The monoisotopic (exact) mass is 448 g/mol. The van der Waals surface area contributed by atoms with Gasteiger partial charge in [0.25, 0.3) is 11.5 Å². The van der Waals surface area contributed by atoms with Gasteiger partial charge in [0.2, 0.25) is 5.69 Å². The van der Waals surface area contributed by atoms with Crippen molar-refractivity contribution in [3.63, 3.8) is 0 Å². The zero-order chi connectivity index (χ0) is 23.4. The lowest BCUT2D eigenvalue weighted by molar-refractivity contribution is 0.0849. The topological polar surface area (TPSA) is 95.2 Å². The maximum absolute atomic E-state index is 13.3. The Morgan fingerprint density at radius 2 is 1.85 bits per heavy atom. The van der Waals surface area contributed by atoms with Crippen LogP contribution in [0.1, 0.15) is 54.2 Å². The molecule has 1 amide bonds. The molecule has 1 atom stereocenters. The quantitative estimate of drug-likeness (QED) is 0.599. The van der Waals surface area contributed by atoms with Gasteiger partial charge in [0.1, 0.15) is 0 Å². The van der Waals surface area contributed by atoms with Crippen LogP contribution in [0.25, 0.3) is 5.69 Å². The number of nitrogens with zero attached hydrogens (tertiary/aromatic N) is 3. The van der Waals surface area contributed by atoms with E-state index in [-0.39, 0.29) is 18.3 Å². The van der Waals surface area contributed by atoms with Crippen molar-refractivity contribution in [3.8, 4) is 5.69 Å². The molecule has 0 bridgehead atoms. The van der Waals surface area contributed by atoms with Gasteiger partial charge >= 0.3 is 5.69 Å². The summed E-state index contributed by atoms with van der Waals surface area (Å²) in [5, 5.41) is 6.92. The van der Waals surface area contributed by atoms with Crippen molar-refractivity contribution in [2.24, 2.45) is 0 Å². The summed E-state index contributed by atoms with van der Waals surface area (Å²) in [5.41, 5.74) is 0.727. The third-order valence-corrected chi connectivity index (χ3v) is 5.78. The maximum atomic E-state index is 13.3. The molecule has 0 unspecified atom stereocenters. The molecule has 0 spiro atoms. The fourth-order valence-corrected chi connectivity index (χ4v) is 3.83. The molecule has 1 aromatic heterocycles. The van der Waals surface area contributed by atoms with Gasteiger partial charge in [-0.2, -0.15) is 9.78 Å². The van der Waals surface area contributed by atoms with E-state index < -0.39 is 17.2 Å². The minimum Gasteiger partial charge on any atom is -0.376 e. The summed E-state index contributed by atoms with van der Waals surface area (Å²) >= 11 is 0. The van der Waals surface area contributed by atoms with Crippen molar-refractivity contribution >= 4 is 5.91 Å². The number of nitrogens with one attached hydrogen (secondary N) is 1. The average molecular weight is 449 g/mol. The molecule has 3 aromatic rings. The summed E-state index contributed by atoms with van der Waals surface area (Å²) in [4.78, 5) is 39.3. The largest absolute Gasteiger partial charge is 0.376 e. The number of carbonyl (C=O) groups excluding carboxylic acids is 1. The first-order valence-electron chi connectivity index (χ1n) is 11.2. The molecule has 1 saturated heterocycles. The molecule has 1 fully saturated rings. The van der Waals surface area contributed by atoms with Crippen molar-refractivity contribution in [2.45, 2.75) is 45.3 Å². The van der Waals surface area contributed by atoms with Crippen LogP contribution in [-0.2, 0) is 11.3 Å². The third kappa shape index (κ3) is 5.12. The second kappa shape index (κ2) is 9.95. The second-order valence-corrected chi connectivity index (χ2v) is 8.51. The molecule has 33 heavy (non-hydrogen) atoms. The summed E-state index contributed by atoms with van der Waals surface area (Å²) in [6, 6.07) is 16.5. The highest BCUT2D eigenvalue weighted by Gasteiger charge is 2.22. The Kier molecular flexibility index (Phi) is 6.84. The van der Waals surface area contributed by atoms with E-state index in [2.05, 4.69) is 24.3 Å². The summed E-state index contributed by atoms with van der Waals surface area (Å²) < 4.78 is 7.72. The van der Waals surface area contributed by atoms with Crippen LogP contribution in [-0.4, -0.2) is 39.5 Å². The zero-order valence-electron chi connectivity index (χ0n) is 18.9. The van der Waals surface area contributed by atoms with E-state index in [1.165, 1.54) is 0 Å². The van der Waals surface area contributed by atoms with E-state index in [0.29, 0.717) is 24.8 Å². The lowest BCUT2D eigenvalue weighted by Gasteiger charge is -2.14. The fraction of sp³-hybridized carbons (Fsp3) is 0.360. The first-order valence-corrected chi connectivity index (χ1v) is 11.2. The highest BCUT2D eigenvalue weighted by Crippen LogP contribution is 2.16. The number of carbonyl (C=O) groups is 1. The highest BCUT2D eigenvalue weighted by atomic mass is 16.5. The second-order valence-electron chi connectivity index (χ2n) is 8.51. The molecule has 1 N–H and O–H groups in total. The van der Waals surface area contributed by atoms with Crippen molar-refractivity contribution in [1.29, 1.82) is 0 Å². The van der Waals surface area contributed by atoms with Gasteiger partial charge in [-0.05, 0) is 42.0 Å². The van der Waals surface area contributed by atoms with E-state index in [0.717, 1.165) is 33.2 Å². The first kappa shape index (κ1) is 22.7. The molecule has 0 aliphatic carbocycles. The van der Waals surface area contributed by atoms with Crippen molar-refractivity contribution in [1.82, 2.24) is 19.7 Å². The van der Waals surface area contributed by atoms with E-state index in [4.69, 9.17) is 4.74 Å². The summed E-state index contributed by atoms with van der Waals surface area (Å²) in [6.45, 7) is 5.16. The Labute approximate surface area is 191 Å². The van der Waals surface area contributed by atoms with Gasteiger partial charge in [-0.3, -0.25) is 14.2 Å². The van der Waals surface area contributed by atoms with Crippen LogP contribution < -0.4 is 16.6 Å². The molecule has 4 rings (SSSR count). The third-order valence-electron chi connectivity index (χ3n) is 5.78. The summed E-state index contributed by atoms with van der Waals surface area (Å²) in [6.07, 6.45) is 1.73. The lowest BCUT2D eigenvalue weighted by Crippen LogP contribution is -2.46. The molecule has 172 valence electrons. The Morgan fingerprint density at radius 1 is 1.12 bits per heavy atom. The number of amides is 1. The number of benzene rings is 2. The predicted octanol–water partition coefficient (Wildman–Crippen LogP) is 2.47. The Balaban J connectivity index is 1.75. The smallest absolute Gasteiger partial charge is 0.352 e. The van der Waals surface area contributed by atoms with E-state index in [1.807, 2.05) is 42.5 Å². The van der Waals surface area contributed by atoms with Crippen LogP contribution in [0.15, 0.2) is 64.2 Å². The van der Waals surface area contributed by atoms with Crippen molar-refractivity contribution < 1.29 is 9.53 Å². The normalized spacial score (nSPS) is 15.7. The van der Waals surface area contributed by atoms with Crippen LogP contribution in [0.4, 0.5) is 0 Å². The van der Waals surface area contributed by atoms with E-state index >= 15 is 0 Å². The minimum atomic E-state index is -0.719. The number of ether oxygens (including phenoxy) is 1. The highest BCUT2D eigenvalue weighted by molar-refractivity contribution is 5.91. The number of rotatable bonds is 7. The maximum Gasteiger partial charge on any atom is 0.352 e. The standard InChI is InChI=1S/C25H28N4O4/c1-17(2)19-10-12-20(13-11-19)29-25(32)28(16-18-7-4-3-5-8-18)24(31)22(27-29)23(30)26-15-21-9-6-14-33-21/h3-5,7-8,10-13,17,21H,6,9,14-16H2,1-2H3,(H,26,30)/t21-/m0/s1. The Hall–Kier alpha value is -3.52. The zero-order valence-corrected chi connectivity index (χ0v) is 18.9. The molecule has 1 aliphatic heterocycles. The van der Waals surface area contributed by atoms with Crippen LogP contribution in [0.3, 0.4) is 0 Å². The van der Waals surface area contributed by atoms with Gasteiger partial charge in [0.15, 0.2) is 0 Å². The molecule has 0 radical (unpaired) electrons. The molecule has 1 aliphatic rings. The van der Waals surface area contributed by atoms with Crippen LogP contribution in [0.2, 0.25) is 0 Å². The van der Waals surface area contributed by atoms with Gasteiger partial charge in [-0.15, -0.1) is 0 Å². The number of aromatic nitrogens is 3. The molecular weight excluding hydrogens is 420 g/mol. The number of hydrogen-bond acceptors (Lipinski definition) is 5. The SMILES string of the molecule is CC(C)c1ccc(-n2nc(C(=O)NC[C@@H]3CCCO3)c(=O)n(Cc3ccccc3)c2=O)cc1. The summed E-state index contributed by atoms with van der Waals surface area (Å²) in [5.74, 6) is -0.292. The molecule has 2 heterocycles. The molecule has 2 aromatic carbocycles. The number of hydrogen-bond donors (Lipinski definition) is 1.